The van der Waals surface area contributed by atoms with E-state index < -0.39 is 0 Å². The van der Waals surface area contributed by atoms with Crippen LogP contribution in [0.25, 0.3) is 0 Å². The molecule has 0 radical (unpaired) electrons. The molecular weight excluding hydrogens is 144 g/mol. The highest BCUT2D eigenvalue weighted by Gasteiger charge is 2.45. The van der Waals surface area contributed by atoms with E-state index in [-0.39, 0.29) is 0 Å². The molecule has 0 bridgehead atoms. The van der Waals surface area contributed by atoms with Crippen molar-refractivity contribution in [2.75, 3.05) is 0 Å². The van der Waals surface area contributed by atoms with Crippen molar-refractivity contribution in [3.05, 3.63) is 0 Å². The van der Waals surface area contributed by atoms with Crippen molar-refractivity contribution in [3.63, 3.8) is 0 Å². The molecule has 0 amide bonds. The highest BCUT2D eigenvalue weighted by molar-refractivity contribution is 4.95. The summed E-state index contributed by atoms with van der Waals surface area (Å²) in [5.41, 5.74) is 0.695. The molecule has 0 spiro atoms. The molecule has 1 fully saturated rings. The van der Waals surface area contributed by atoms with Gasteiger partial charge in [-0.3, -0.25) is 0 Å². The standard InChI is InChI=1S/C12H24/c1-5-6-7-10(2)8-11-9-12(11,3)4/h10-11H,5-9H2,1-4H3. The summed E-state index contributed by atoms with van der Waals surface area (Å²) in [6, 6.07) is 0. The summed E-state index contributed by atoms with van der Waals surface area (Å²) >= 11 is 0. The Morgan fingerprint density at radius 3 is 2.42 bits per heavy atom. The van der Waals surface area contributed by atoms with Crippen molar-refractivity contribution in [1.29, 1.82) is 0 Å². The highest BCUT2D eigenvalue weighted by atomic mass is 14.5. The molecule has 72 valence electrons. The van der Waals surface area contributed by atoms with Gasteiger partial charge in [0.15, 0.2) is 0 Å². The van der Waals surface area contributed by atoms with E-state index in [0.29, 0.717) is 5.41 Å². The summed E-state index contributed by atoms with van der Waals surface area (Å²) in [5.74, 6) is 2.01. The van der Waals surface area contributed by atoms with E-state index >= 15 is 0 Å². The second-order valence-corrected chi connectivity index (χ2v) is 5.37. The lowest BCUT2D eigenvalue weighted by Crippen LogP contribution is -1.99. The van der Waals surface area contributed by atoms with Crippen LogP contribution >= 0.6 is 0 Å². The Bertz CT molecular complexity index is 135. The lowest BCUT2D eigenvalue weighted by Gasteiger charge is -2.11. The van der Waals surface area contributed by atoms with Crippen molar-refractivity contribution < 1.29 is 0 Å². The molecule has 0 N–H and O–H groups in total. The smallest absolute Gasteiger partial charge is 0.0323 e. The average Bonchev–Trinajstić information content (AvgIpc) is 2.54. The van der Waals surface area contributed by atoms with Gasteiger partial charge in [-0.2, -0.15) is 0 Å². The maximum atomic E-state index is 2.42. The molecule has 2 atom stereocenters. The van der Waals surface area contributed by atoms with Crippen LogP contribution in [-0.2, 0) is 0 Å². The molecule has 12 heavy (non-hydrogen) atoms. The monoisotopic (exact) mass is 168 g/mol. The van der Waals surface area contributed by atoms with Crippen LogP contribution in [-0.4, -0.2) is 0 Å². The Kier molecular flexibility index (Phi) is 3.20. The third-order valence-electron chi connectivity index (χ3n) is 3.45. The minimum atomic E-state index is 0.695. The summed E-state index contributed by atoms with van der Waals surface area (Å²) in [5, 5.41) is 0. The first kappa shape index (κ1) is 10.1. The summed E-state index contributed by atoms with van der Waals surface area (Å²) in [4.78, 5) is 0. The van der Waals surface area contributed by atoms with E-state index in [1.165, 1.54) is 32.1 Å². The summed E-state index contributed by atoms with van der Waals surface area (Å²) in [6.45, 7) is 9.52. The first-order valence-electron chi connectivity index (χ1n) is 5.56. The maximum Gasteiger partial charge on any atom is -0.0323 e. The van der Waals surface area contributed by atoms with E-state index in [1.54, 1.807) is 0 Å². The molecule has 1 rings (SSSR count). The number of hydrogen-bond acceptors (Lipinski definition) is 0. The lowest BCUT2D eigenvalue weighted by molar-refractivity contribution is 0.407. The van der Waals surface area contributed by atoms with Gasteiger partial charge < -0.3 is 0 Å². The van der Waals surface area contributed by atoms with Gasteiger partial charge in [0.1, 0.15) is 0 Å². The Morgan fingerprint density at radius 2 is 2.00 bits per heavy atom. The quantitative estimate of drug-likeness (QED) is 0.575. The van der Waals surface area contributed by atoms with Crippen LogP contribution in [0.3, 0.4) is 0 Å². The van der Waals surface area contributed by atoms with Gasteiger partial charge in [-0.05, 0) is 30.1 Å². The van der Waals surface area contributed by atoms with E-state index in [0.717, 1.165) is 11.8 Å². The molecular formula is C12H24. The molecule has 0 aromatic carbocycles. The van der Waals surface area contributed by atoms with Crippen molar-refractivity contribution in [2.24, 2.45) is 17.3 Å². The molecule has 0 heterocycles. The van der Waals surface area contributed by atoms with Crippen molar-refractivity contribution in [1.82, 2.24) is 0 Å². The minimum Gasteiger partial charge on any atom is -0.0654 e. The number of unbranched alkanes of at least 4 members (excludes halogenated alkanes) is 1. The zero-order valence-corrected chi connectivity index (χ0v) is 9.19. The molecule has 1 saturated carbocycles. The summed E-state index contributed by atoms with van der Waals surface area (Å²) < 4.78 is 0. The molecule has 1 aliphatic carbocycles. The van der Waals surface area contributed by atoms with Gasteiger partial charge in [-0.1, -0.05) is 47.0 Å². The van der Waals surface area contributed by atoms with E-state index in [2.05, 4.69) is 27.7 Å². The number of hydrogen-bond donors (Lipinski definition) is 0. The third-order valence-corrected chi connectivity index (χ3v) is 3.45. The molecule has 0 aromatic rings. The first-order valence-corrected chi connectivity index (χ1v) is 5.56. The van der Waals surface area contributed by atoms with Crippen LogP contribution in [0.1, 0.15) is 59.8 Å². The summed E-state index contributed by atoms with van der Waals surface area (Å²) in [6.07, 6.45) is 7.19. The van der Waals surface area contributed by atoms with Gasteiger partial charge in [0.2, 0.25) is 0 Å². The van der Waals surface area contributed by atoms with E-state index in [1.807, 2.05) is 0 Å². The Balaban J connectivity index is 2.07. The Morgan fingerprint density at radius 1 is 1.42 bits per heavy atom. The second-order valence-electron chi connectivity index (χ2n) is 5.37. The van der Waals surface area contributed by atoms with E-state index in [4.69, 9.17) is 0 Å². The fourth-order valence-corrected chi connectivity index (χ4v) is 2.13. The van der Waals surface area contributed by atoms with Crippen LogP contribution in [0, 0.1) is 17.3 Å². The van der Waals surface area contributed by atoms with Crippen molar-refractivity contribution in [2.45, 2.75) is 59.8 Å². The Labute approximate surface area is 77.7 Å². The molecule has 1 aliphatic rings. The van der Waals surface area contributed by atoms with Gasteiger partial charge >= 0.3 is 0 Å². The van der Waals surface area contributed by atoms with E-state index in [9.17, 15) is 0 Å². The lowest BCUT2D eigenvalue weighted by atomic mass is 9.95. The van der Waals surface area contributed by atoms with Gasteiger partial charge in [0, 0.05) is 0 Å². The fraction of sp³-hybridized carbons (Fsp3) is 1.00. The minimum absolute atomic E-state index is 0.695. The normalized spacial score (nSPS) is 28.5. The SMILES string of the molecule is CCCCC(C)CC1CC1(C)C. The summed E-state index contributed by atoms with van der Waals surface area (Å²) in [7, 11) is 0. The van der Waals surface area contributed by atoms with Crippen LogP contribution in [0.5, 0.6) is 0 Å². The van der Waals surface area contributed by atoms with Crippen LogP contribution in [0.4, 0.5) is 0 Å². The molecule has 2 unspecified atom stereocenters. The number of rotatable bonds is 5. The Hall–Kier alpha value is 0. The zero-order chi connectivity index (χ0) is 9.19. The average molecular weight is 168 g/mol. The molecule has 0 heteroatoms. The fourth-order valence-electron chi connectivity index (χ4n) is 2.13. The van der Waals surface area contributed by atoms with Crippen molar-refractivity contribution in [3.8, 4) is 0 Å². The van der Waals surface area contributed by atoms with Gasteiger partial charge in [-0.15, -0.1) is 0 Å². The zero-order valence-electron chi connectivity index (χ0n) is 9.19. The van der Waals surface area contributed by atoms with Gasteiger partial charge in [-0.25, -0.2) is 0 Å². The van der Waals surface area contributed by atoms with Gasteiger partial charge in [0.05, 0.1) is 0 Å². The third kappa shape index (κ3) is 2.80. The molecule has 0 saturated heterocycles. The van der Waals surface area contributed by atoms with Crippen molar-refractivity contribution >= 4 is 0 Å². The van der Waals surface area contributed by atoms with Gasteiger partial charge in [0.25, 0.3) is 0 Å². The van der Waals surface area contributed by atoms with Crippen LogP contribution in [0.15, 0.2) is 0 Å². The maximum absolute atomic E-state index is 2.42. The highest BCUT2D eigenvalue weighted by Crippen LogP contribution is 2.54. The predicted octanol–water partition coefficient (Wildman–Crippen LogP) is 4.25. The van der Waals surface area contributed by atoms with Crippen LogP contribution in [0.2, 0.25) is 0 Å². The van der Waals surface area contributed by atoms with Crippen LogP contribution < -0.4 is 0 Å². The second kappa shape index (κ2) is 3.81. The molecule has 0 aliphatic heterocycles. The largest absolute Gasteiger partial charge is 0.0654 e. The predicted molar refractivity (Wildman–Crippen MR) is 55.2 cm³/mol. The molecule has 0 aromatic heterocycles. The first-order chi connectivity index (χ1) is 5.56. The molecule has 0 nitrogen and oxygen atoms in total. The topological polar surface area (TPSA) is 0 Å².